The van der Waals surface area contributed by atoms with Gasteiger partial charge >= 0.3 is 0 Å². The molecule has 0 aliphatic carbocycles. The van der Waals surface area contributed by atoms with Crippen LogP contribution >= 0.6 is 0 Å². The van der Waals surface area contributed by atoms with E-state index in [1.54, 1.807) is 0 Å². The predicted octanol–water partition coefficient (Wildman–Crippen LogP) is 1.77. The van der Waals surface area contributed by atoms with E-state index < -0.39 is 11.5 Å². The molecule has 1 aliphatic rings. The molecule has 1 fully saturated rings. The molecular weight excluding hydrogens is 186 g/mol. The lowest BCUT2D eigenvalue weighted by molar-refractivity contribution is 0.105. The zero-order valence-electron chi connectivity index (χ0n) is 7.76. The Kier molecular flexibility index (Phi) is 2.46. The van der Waals surface area contributed by atoms with Crippen LogP contribution < -0.4 is 5.32 Å². The van der Waals surface area contributed by atoms with Crippen molar-refractivity contribution in [3.05, 3.63) is 29.8 Å². The highest BCUT2D eigenvalue weighted by atomic mass is 19.1. The molecule has 76 valence electrons. The average Bonchev–Trinajstić information content (AvgIpc) is 2.19. The largest absolute Gasteiger partial charge is 0.316 e. The molecule has 1 aliphatic heterocycles. The summed E-state index contributed by atoms with van der Waals surface area (Å²) in [7, 11) is 0. The lowest BCUT2D eigenvalue weighted by Gasteiger charge is -2.29. The predicted molar refractivity (Wildman–Crippen MR) is 49.1 cm³/mol. The third-order valence-electron chi connectivity index (χ3n) is 2.58. The summed E-state index contributed by atoms with van der Waals surface area (Å²) >= 11 is 0. The SMILES string of the molecule is Fc1cccnc1C1(F)CCNCC1. The Hall–Kier alpha value is -1.03. The zero-order chi connectivity index (χ0) is 10.0. The van der Waals surface area contributed by atoms with Crippen LogP contribution in [0.15, 0.2) is 18.3 Å². The van der Waals surface area contributed by atoms with Crippen LogP contribution in [-0.2, 0) is 5.67 Å². The third kappa shape index (κ3) is 1.62. The van der Waals surface area contributed by atoms with Gasteiger partial charge in [0.25, 0.3) is 0 Å². The molecule has 0 unspecified atom stereocenters. The van der Waals surface area contributed by atoms with Crippen LogP contribution in [0.3, 0.4) is 0 Å². The number of rotatable bonds is 1. The Balaban J connectivity index is 2.32. The number of alkyl halides is 1. The number of hydrogen-bond acceptors (Lipinski definition) is 2. The van der Waals surface area contributed by atoms with Crippen molar-refractivity contribution in [1.82, 2.24) is 10.3 Å². The molecule has 2 rings (SSSR count). The van der Waals surface area contributed by atoms with E-state index in [4.69, 9.17) is 0 Å². The van der Waals surface area contributed by atoms with Gasteiger partial charge in [-0.05, 0) is 38.1 Å². The van der Waals surface area contributed by atoms with E-state index in [1.807, 2.05) is 0 Å². The van der Waals surface area contributed by atoms with E-state index in [1.165, 1.54) is 18.3 Å². The first kappa shape index (κ1) is 9.52. The summed E-state index contributed by atoms with van der Waals surface area (Å²) in [5.41, 5.74) is -1.63. The lowest BCUT2D eigenvalue weighted by Crippen LogP contribution is -2.37. The zero-order valence-corrected chi connectivity index (χ0v) is 7.76. The Bertz CT molecular complexity index is 322. The number of nitrogens with zero attached hydrogens (tertiary/aromatic N) is 1. The summed E-state index contributed by atoms with van der Waals surface area (Å²) in [5, 5.41) is 3.04. The molecule has 2 heterocycles. The number of hydrogen-bond donors (Lipinski definition) is 1. The summed E-state index contributed by atoms with van der Waals surface area (Å²) < 4.78 is 27.5. The van der Waals surface area contributed by atoms with Crippen LogP contribution in [0.25, 0.3) is 0 Å². The molecule has 0 atom stereocenters. The second-order valence-corrected chi connectivity index (χ2v) is 3.55. The van der Waals surface area contributed by atoms with Gasteiger partial charge in [0.1, 0.15) is 11.5 Å². The smallest absolute Gasteiger partial charge is 0.158 e. The molecule has 14 heavy (non-hydrogen) atoms. The molecule has 0 radical (unpaired) electrons. The van der Waals surface area contributed by atoms with Crippen LogP contribution in [0.4, 0.5) is 8.78 Å². The second kappa shape index (κ2) is 3.61. The van der Waals surface area contributed by atoms with E-state index in [0.717, 1.165) is 0 Å². The number of nitrogens with one attached hydrogen (secondary N) is 1. The Morgan fingerprint density at radius 1 is 1.36 bits per heavy atom. The molecule has 0 aromatic carbocycles. The average molecular weight is 198 g/mol. The number of pyridine rings is 1. The van der Waals surface area contributed by atoms with E-state index in [9.17, 15) is 8.78 Å². The van der Waals surface area contributed by atoms with Crippen molar-refractivity contribution >= 4 is 0 Å². The highest BCUT2D eigenvalue weighted by molar-refractivity contribution is 5.16. The molecular formula is C10H12F2N2. The maximum absolute atomic E-state index is 14.2. The van der Waals surface area contributed by atoms with Crippen molar-refractivity contribution in [2.75, 3.05) is 13.1 Å². The fourth-order valence-corrected chi connectivity index (χ4v) is 1.78. The van der Waals surface area contributed by atoms with Gasteiger partial charge in [0.05, 0.1) is 0 Å². The van der Waals surface area contributed by atoms with Gasteiger partial charge in [0, 0.05) is 6.20 Å². The van der Waals surface area contributed by atoms with Crippen molar-refractivity contribution < 1.29 is 8.78 Å². The first-order valence-corrected chi connectivity index (χ1v) is 4.73. The van der Waals surface area contributed by atoms with Crippen molar-refractivity contribution in [2.24, 2.45) is 0 Å². The van der Waals surface area contributed by atoms with E-state index in [0.29, 0.717) is 25.9 Å². The van der Waals surface area contributed by atoms with Crippen molar-refractivity contribution in [3.8, 4) is 0 Å². The maximum atomic E-state index is 14.2. The summed E-state index contributed by atoms with van der Waals surface area (Å²) in [6.45, 7) is 1.15. The fraction of sp³-hybridized carbons (Fsp3) is 0.500. The number of piperidine rings is 1. The minimum Gasteiger partial charge on any atom is -0.316 e. The van der Waals surface area contributed by atoms with Crippen LogP contribution in [0.2, 0.25) is 0 Å². The quantitative estimate of drug-likeness (QED) is 0.743. The Morgan fingerprint density at radius 2 is 2.07 bits per heavy atom. The summed E-state index contributed by atoms with van der Waals surface area (Å²) in [5.74, 6) is -0.545. The third-order valence-corrected chi connectivity index (χ3v) is 2.58. The summed E-state index contributed by atoms with van der Waals surface area (Å²) in [6, 6.07) is 2.73. The van der Waals surface area contributed by atoms with E-state index in [-0.39, 0.29) is 5.69 Å². The van der Waals surface area contributed by atoms with Crippen molar-refractivity contribution in [2.45, 2.75) is 18.5 Å². The van der Waals surface area contributed by atoms with Gasteiger partial charge in [0.15, 0.2) is 5.67 Å². The fourth-order valence-electron chi connectivity index (χ4n) is 1.78. The molecule has 2 nitrogen and oxygen atoms in total. The highest BCUT2D eigenvalue weighted by Gasteiger charge is 2.37. The topological polar surface area (TPSA) is 24.9 Å². The van der Waals surface area contributed by atoms with E-state index in [2.05, 4.69) is 10.3 Å². The summed E-state index contributed by atoms with van der Waals surface area (Å²) in [4.78, 5) is 3.80. The number of aromatic nitrogens is 1. The molecule has 0 spiro atoms. The Morgan fingerprint density at radius 3 is 2.71 bits per heavy atom. The standard InChI is InChI=1S/C10H12F2N2/c11-8-2-1-5-14-9(8)10(12)3-6-13-7-4-10/h1-2,5,13H,3-4,6-7H2. The van der Waals surface area contributed by atoms with Gasteiger partial charge in [-0.3, -0.25) is 4.98 Å². The summed E-state index contributed by atoms with van der Waals surface area (Å²) in [6.07, 6.45) is 2.02. The van der Waals surface area contributed by atoms with Crippen LogP contribution in [-0.4, -0.2) is 18.1 Å². The first-order chi connectivity index (χ1) is 6.72. The molecule has 0 saturated carbocycles. The van der Waals surface area contributed by atoms with Gasteiger partial charge in [-0.2, -0.15) is 0 Å². The van der Waals surface area contributed by atoms with E-state index >= 15 is 0 Å². The van der Waals surface area contributed by atoms with Gasteiger partial charge in [0.2, 0.25) is 0 Å². The van der Waals surface area contributed by atoms with Crippen molar-refractivity contribution in [1.29, 1.82) is 0 Å². The minimum absolute atomic E-state index is 0.0403. The minimum atomic E-state index is -1.59. The maximum Gasteiger partial charge on any atom is 0.158 e. The molecule has 4 heteroatoms. The van der Waals surface area contributed by atoms with Crippen molar-refractivity contribution in [3.63, 3.8) is 0 Å². The van der Waals surface area contributed by atoms with Gasteiger partial charge in [-0.1, -0.05) is 0 Å². The Labute approximate surface area is 81.4 Å². The van der Waals surface area contributed by atoms with Gasteiger partial charge in [-0.25, -0.2) is 8.78 Å². The molecule has 0 amide bonds. The van der Waals surface area contributed by atoms with Gasteiger partial charge < -0.3 is 5.32 Å². The van der Waals surface area contributed by atoms with Gasteiger partial charge in [-0.15, -0.1) is 0 Å². The monoisotopic (exact) mass is 198 g/mol. The second-order valence-electron chi connectivity index (χ2n) is 3.55. The molecule has 1 aromatic rings. The normalized spacial score (nSPS) is 20.7. The molecule has 1 N–H and O–H groups in total. The molecule has 1 saturated heterocycles. The van der Waals surface area contributed by atoms with Crippen LogP contribution in [0.1, 0.15) is 18.5 Å². The lowest BCUT2D eigenvalue weighted by atomic mass is 9.90. The highest BCUT2D eigenvalue weighted by Crippen LogP contribution is 2.34. The van der Waals surface area contributed by atoms with Crippen LogP contribution in [0.5, 0.6) is 0 Å². The molecule has 0 bridgehead atoms. The molecule has 1 aromatic heterocycles. The van der Waals surface area contributed by atoms with Crippen LogP contribution in [0, 0.1) is 5.82 Å². The number of halogens is 2. The first-order valence-electron chi connectivity index (χ1n) is 4.73.